The number of carboxylic acids is 1. The summed E-state index contributed by atoms with van der Waals surface area (Å²) >= 11 is 2.31. The van der Waals surface area contributed by atoms with Gasteiger partial charge in [-0.3, -0.25) is 4.79 Å². The van der Waals surface area contributed by atoms with E-state index in [9.17, 15) is 18.7 Å². The molecule has 3 N–H and O–H groups in total. The van der Waals surface area contributed by atoms with Gasteiger partial charge in [0.25, 0.3) is 0 Å². The zero-order chi connectivity index (χ0) is 25.8. The molecule has 0 radical (unpaired) electrons. The van der Waals surface area contributed by atoms with Crippen LogP contribution in [0.5, 0.6) is 0 Å². The number of aliphatic hydroxyl groups excluding tert-OH is 1. The number of aryl methyl sites for hydroxylation is 2. The number of nitrogens with one attached hydrogen (secondary N) is 1. The molecule has 0 aliphatic heterocycles. The first-order valence-electron chi connectivity index (χ1n) is 12.0. The first-order valence-corrected chi connectivity index (χ1v) is 13.6. The first-order chi connectivity index (χ1) is 16.7. The number of aliphatic hydroxyl groups is 1. The van der Waals surface area contributed by atoms with Crippen molar-refractivity contribution in [2.45, 2.75) is 70.6 Å². The third-order valence-electron chi connectivity index (χ3n) is 5.99. The van der Waals surface area contributed by atoms with Crippen LogP contribution in [0.2, 0.25) is 0 Å². The minimum atomic E-state index is -0.824. The Morgan fingerprint density at radius 3 is 2.63 bits per heavy atom. The van der Waals surface area contributed by atoms with Crippen molar-refractivity contribution in [3.05, 3.63) is 70.3 Å². The summed E-state index contributed by atoms with van der Waals surface area (Å²) in [6.07, 6.45) is 2.37. The van der Waals surface area contributed by atoms with Crippen LogP contribution in [0.25, 0.3) is 0 Å². The molecular weight excluding hydrogens is 567 g/mol. The van der Waals surface area contributed by atoms with Crippen LogP contribution >= 0.6 is 22.6 Å². The Morgan fingerprint density at radius 2 is 1.94 bits per heavy atom. The van der Waals surface area contributed by atoms with Gasteiger partial charge in [0, 0.05) is 23.4 Å². The third kappa shape index (κ3) is 10.9. The Morgan fingerprint density at radius 1 is 1.17 bits per heavy atom. The maximum absolute atomic E-state index is 13.9. The highest BCUT2D eigenvalue weighted by molar-refractivity contribution is 14.1. The highest BCUT2D eigenvalue weighted by Crippen LogP contribution is 2.24. The average Bonchev–Trinajstić information content (AvgIpc) is 2.81. The first kappa shape index (κ1) is 29.6. The van der Waals surface area contributed by atoms with Crippen molar-refractivity contribution in [3.8, 4) is 0 Å². The van der Waals surface area contributed by atoms with E-state index in [-0.39, 0.29) is 30.7 Å². The Balaban J connectivity index is 1.86. The zero-order valence-corrected chi connectivity index (χ0v) is 22.6. The SMILES string of the molecule is Cc1ccc(CC(CCI)NCC(O)CO[C@H](C)c2cc(F)ccc2CCCCC(=O)O)cc1F. The predicted octanol–water partition coefficient (Wildman–Crippen LogP) is 5.54. The second-order valence-electron chi connectivity index (χ2n) is 8.94. The number of benzene rings is 2. The maximum Gasteiger partial charge on any atom is 0.303 e. The van der Waals surface area contributed by atoms with Gasteiger partial charge in [0.15, 0.2) is 0 Å². The highest BCUT2D eigenvalue weighted by atomic mass is 127. The van der Waals surface area contributed by atoms with Crippen molar-refractivity contribution in [1.29, 1.82) is 0 Å². The molecule has 35 heavy (non-hydrogen) atoms. The molecule has 3 atom stereocenters. The molecule has 0 saturated carbocycles. The largest absolute Gasteiger partial charge is 0.481 e. The standard InChI is InChI=1S/C27H36F2INO4/c1-18-7-8-20(14-26(18)29)13-23(11-12-30)31-16-24(32)17-35-19(2)25-15-22(28)10-9-21(25)5-3-4-6-27(33)34/h7-10,14-15,19,23-24,31-32H,3-6,11-13,16-17H2,1-2H3,(H,33,34)/t19-,23?,24?/m1/s1. The highest BCUT2D eigenvalue weighted by Gasteiger charge is 2.17. The molecule has 0 saturated heterocycles. The van der Waals surface area contributed by atoms with Crippen LogP contribution in [0.4, 0.5) is 8.78 Å². The smallest absolute Gasteiger partial charge is 0.303 e. The second-order valence-corrected chi connectivity index (χ2v) is 10.0. The van der Waals surface area contributed by atoms with E-state index in [0.717, 1.165) is 22.0 Å². The van der Waals surface area contributed by atoms with Crippen LogP contribution in [0.15, 0.2) is 36.4 Å². The molecule has 2 aromatic carbocycles. The molecule has 194 valence electrons. The summed E-state index contributed by atoms with van der Waals surface area (Å²) in [5.41, 5.74) is 3.17. The van der Waals surface area contributed by atoms with Crippen molar-refractivity contribution in [3.63, 3.8) is 0 Å². The number of hydrogen-bond acceptors (Lipinski definition) is 4. The van der Waals surface area contributed by atoms with E-state index in [1.54, 1.807) is 25.1 Å². The minimum absolute atomic E-state index is 0.0826. The normalized spacial score (nSPS) is 14.0. The van der Waals surface area contributed by atoms with Crippen molar-refractivity contribution >= 4 is 28.6 Å². The molecule has 0 bridgehead atoms. The number of aliphatic carboxylic acids is 1. The number of rotatable bonds is 16. The lowest BCUT2D eigenvalue weighted by atomic mass is 9.98. The molecule has 5 nitrogen and oxygen atoms in total. The van der Waals surface area contributed by atoms with Gasteiger partial charge in [0.2, 0.25) is 0 Å². The maximum atomic E-state index is 13.9. The number of hydrogen-bond donors (Lipinski definition) is 3. The lowest BCUT2D eigenvalue weighted by Crippen LogP contribution is -2.39. The fourth-order valence-electron chi connectivity index (χ4n) is 3.93. The molecule has 0 heterocycles. The van der Waals surface area contributed by atoms with Crippen LogP contribution in [-0.4, -0.2) is 45.9 Å². The van der Waals surface area contributed by atoms with E-state index in [4.69, 9.17) is 9.84 Å². The van der Waals surface area contributed by atoms with E-state index in [1.807, 2.05) is 13.0 Å². The van der Waals surface area contributed by atoms with Crippen LogP contribution in [0.1, 0.15) is 61.0 Å². The molecule has 2 rings (SSSR count). The summed E-state index contributed by atoms with van der Waals surface area (Å²) in [7, 11) is 0. The quantitative estimate of drug-likeness (QED) is 0.134. The van der Waals surface area contributed by atoms with E-state index in [0.29, 0.717) is 43.4 Å². The predicted molar refractivity (Wildman–Crippen MR) is 142 cm³/mol. The van der Waals surface area contributed by atoms with Crippen LogP contribution in [-0.2, 0) is 22.4 Å². The Kier molecular flexibility index (Phi) is 13.1. The lowest BCUT2D eigenvalue weighted by Gasteiger charge is -2.23. The van der Waals surface area contributed by atoms with E-state index in [2.05, 4.69) is 27.9 Å². The van der Waals surface area contributed by atoms with Gasteiger partial charge in [-0.2, -0.15) is 0 Å². The molecule has 0 fully saturated rings. The molecule has 2 unspecified atom stereocenters. The Hall–Kier alpha value is -1.62. The molecule has 0 aliphatic rings. The number of carboxylic acid groups (broad SMARTS) is 1. The monoisotopic (exact) mass is 603 g/mol. The molecule has 2 aromatic rings. The van der Waals surface area contributed by atoms with Gasteiger partial charge in [0.1, 0.15) is 11.6 Å². The summed E-state index contributed by atoms with van der Waals surface area (Å²) in [5.74, 6) is -1.40. The van der Waals surface area contributed by atoms with Gasteiger partial charge in [0.05, 0.1) is 18.8 Å². The number of unbranched alkanes of at least 4 members (excludes halogenated alkanes) is 1. The van der Waals surface area contributed by atoms with Gasteiger partial charge in [-0.15, -0.1) is 0 Å². The summed E-state index contributed by atoms with van der Waals surface area (Å²) in [6, 6.07) is 9.93. The summed E-state index contributed by atoms with van der Waals surface area (Å²) in [6.45, 7) is 3.97. The number of alkyl halides is 1. The Bertz CT molecular complexity index is 943. The Labute approximate surface area is 220 Å². The van der Waals surface area contributed by atoms with Crippen LogP contribution < -0.4 is 5.32 Å². The van der Waals surface area contributed by atoms with E-state index < -0.39 is 18.2 Å². The second kappa shape index (κ2) is 15.5. The molecule has 8 heteroatoms. The minimum Gasteiger partial charge on any atom is -0.481 e. The van der Waals surface area contributed by atoms with Gasteiger partial charge < -0.3 is 20.3 Å². The van der Waals surface area contributed by atoms with E-state index in [1.165, 1.54) is 12.1 Å². The lowest BCUT2D eigenvalue weighted by molar-refractivity contribution is -0.137. The van der Waals surface area contributed by atoms with Gasteiger partial charge in [-0.05, 0) is 86.4 Å². The van der Waals surface area contributed by atoms with Crippen molar-refractivity contribution in [1.82, 2.24) is 5.32 Å². The van der Waals surface area contributed by atoms with Gasteiger partial charge >= 0.3 is 5.97 Å². The number of ether oxygens (including phenoxy) is 1. The topological polar surface area (TPSA) is 78.8 Å². The molecule has 0 amide bonds. The fraction of sp³-hybridized carbons (Fsp3) is 0.519. The molecule has 0 aromatic heterocycles. The summed E-state index contributed by atoms with van der Waals surface area (Å²) in [5, 5.41) is 22.6. The van der Waals surface area contributed by atoms with Gasteiger partial charge in [-0.1, -0.05) is 40.8 Å². The van der Waals surface area contributed by atoms with Crippen molar-refractivity contribution in [2.75, 3.05) is 17.6 Å². The number of carbonyl (C=O) groups is 1. The fourth-order valence-corrected chi connectivity index (χ4v) is 4.68. The van der Waals surface area contributed by atoms with Crippen LogP contribution in [0, 0.1) is 18.6 Å². The zero-order valence-electron chi connectivity index (χ0n) is 20.4. The number of halogens is 3. The molecular formula is C27H36F2INO4. The average molecular weight is 603 g/mol. The van der Waals surface area contributed by atoms with Crippen molar-refractivity contribution < 1.29 is 28.5 Å². The van der Waals surface area contributed by atoms with Crippen molar-refractivity contribution in [2.24, 2.45) is 0 Å². The van der Waals surface area contributed by atoms with Crippen LogP contribution in [0.3, 0.4) is 0 Å². The molecule has 0 aliphatic carbocycles. The summed E-state index contributed by atoms with van der Waals surface area (Å²) < 4.78 is 34.6. The molecule has 0 spiro atoms. The third-order valence-corrected chi connectivity index (χ3v) is 6.61. The summed E-state index contributed by atoms with van der Waals surface area (Å²) in [4.78, 5) is 10.7. The van der Waals surface area contributed by atoms with Gasteiger partial charge in [-0.25, -0.2) is 8.78 Å². The van der Waals surface area contributed by atoms with E-state index >= 15 is 0 Å².